The number of ether oxygens (including phenoxy) is 1. The largest absolute Gasteiger partial charge is 0.478 e. The minimum atomic E-state index is -0.257. The first-order chi connectivity index (χ1) is 12.6. The Bertz CT molecular complexity index is 969. The quantitative estimate of drug-likeness (QED) is 0.675. The van der Waals surface area contributed by atoms with E-state index in [9.17, 15) is 4.79 Å². The van der Waals surface area contributed by atoms with Crippen molar-refractivity contribution in [3.05, 3.63) is 62.4 Å². The Morgan fingerprint density at radius 1 is 1.35 bits per heavy atom. The van der Waals surface area contributed by atoms with Gasteiger partial charge in [0, 0.05) is 10.0 Å². The summed E-state index contributed by atoms with van der Waals surface area (Å²) in [6.07, 6.45) is 1.70. The molecule has 1 amide bonds. The molecule has 2 aromatic carbocycles. The molecule has 0 radical (unpaired) electrons. The van der Waals surface area contributed by atoms with Crippen LogP contribution in [0.3, 0.4) is 0 Å². The molecule has 0 spiro atoms. The van der Waals surface area contributed by atoms with Crippen LogP contribution in [-0.2, 0) is 4.79 Å². The molecule has 0 unspecified atom stereocenters. The van der Waals surface area contributed by atoms with Crippen LogP contribution in [0.1, 0.15) is 5.56 Å². The molecule has 0 bridgehead atoms. The highest BCUT2D eigenvalue weighted by Crippen LogP contribution is 2.33. The first kappa shape index (κ1) is 18.5. The minimum Gasteiger partial charge on any atom is -0.478 e. The molecule has 2 aromatic rings. The number of aliphatic imine (C=N–C) groups is 1. The molecule has 26 heavy (non-hydrogen) atoms. The predicted octanol–water partition coefficient (Wildman–Crippen LogP) is 4.90. The molecule has 0 saturated carbocycles. The third-order valence-corrected chi connectivity index (χ3v) is 5.00. The fraction of sp³-hybridized carbons (Fsp3) is 0.0556. The summed E-state index contributed by atoms with van der Waals surface area (Å²) in [6.45, 7) is -0.0731. The summed E-state index contributed by atoms with van der Waals surface area (Å²) in [6, 6.07) is 14.4. The van der Waals surface area contributed by atoms with Crippen molar-refractivity contribution in [2.24, 2.45) is 4.99 Å². The van der Waals surface area contributed by atoms with Gasteiger partial charge in [-0.1, -0.05) is 39.7 Å². The molecule has 3 rings (SSSR count). The smallest absolute Gasteiger partial charge is 0.264 e. The normalized spacial score (nSPS) is 16.6. The van der Waals surface area contributed by atoms with Crippen LogP contribution < -0.4 is 10.1 Å². The van der Waals surface area contributed by atoms with Crippen LogP contribution in [0.25, 0.3) is 6.08 Å². The predicted molar refractivity (Wildman–Crippen MR) is 108 cm³/mol. The number of carbonyl (C=O) groups excluding carboxylic acids is 1. The van der Waals surface area contributed by atoms with Crippen molar-refractivity contribution in [1.29, 1.82) is 5.26 Å². The SMILES string of the molecule is N#CCOc1ccc(Br)cc1/C=C1/SC(=Nc2ccccc2Cl)NC1=O. The van der Waals surface area contributed by atoms with Gasteiger partial charge in [-0.3, -0.25) is 4.79 Å². The number of halogens is 2. The summed E-state index contributed by atoms with van der Waals surface area (Å²) in [5.41, 5.74) is 1.27. The highest BCUT2D eigenvalue weighted by atomic mass is 79.9. The molecular weight excluding hydrogens is 438 g/mol. The van der Waals surface area contributed by atoms with Gasteiger partial charge in [-0.2, -0.15) is 5.26 Å². The number of hydrogen-bond donors (Lipinski definition) is 1. The van der Waals surface area contributed by atoms with E-state index in [0.717, 1.165) is 4.47 Å². The maximum absolute atomic E-state index is 12.3. The van der Waals surface area contributed by atoms with Crippen molar-refractivity contribution in [3.63, 3.8) is 0 Å². The second kappa shape index (κ2) is 8.41. The van der Waals surface area contributed by atoms with Crippen molar-refractivity contribution in [3.8, 4) is 11.8 Å². The lowest BCUT2D eigenvalue weighted by molar-refractivity contribution is -0.115. The monoisotopic (exact) mass is 447 g/mol. The van der Waals surface area contributed by atoms with Crippen LogP contribution in [-0.4, -0.2) is 17.7 Å². The molecule has 0 aliphatic carbocycles. The van der Waals surface area contributed by atoms with Gasteiger partial charge in [-0.15, -0.1) is 0 Å². The molecule has 1 saturated heterocycles. The zero-order valence-electron chi connectivity index (χ0n) is 13.2. The Balaban J connectivity index is 1.89. The van der Waals surface area contributed by atoms with E-state index in [1.165, 1.54) is 11.8 Å². The van der Waals surface area contributed by atoms with Gasteiger partial charge in [0.1, 0.15) is 11.8 Å². The summed E-state index contributed by atoms with van der Waals surface area (Å²) < 4.78 is 6.25. The molecule has 1 fully saturated rings. The number of amides is 1. The number of nitrogens with one attached hydrogen (secondary N) is 1. The highest BCUT2D eigenvalue weighted by Gasteiger charge is 2.24. The van der Waals surface area contributed by atoms with Crippen molar-refractivity contribution in [2.75, 3.05) is 6.61 Å². The maximum atomic E-state index is 12.3. The van der Waals surface area contributed by atoms with Crippen LogP contribution in [0, 0.1) is 11.3 Å². The van der Waals surface area contributed by atoms with Gasteiger partial charge in [0.05, 0.1) is 15.6 Å². The second-order valence-electron chi connectivity index (χ2n) is 5.06. The lowest BCUT2D eigenvalue weighted by atomic mass is 10.2. The van der Waals surface area contributed by atoms with E-state index in [1.807, 2.05) is 24.3 Å². The number of benzene rings is 2. The van der Waals surface area contributed by atoms with E-state index in [1.54, 1.807) is 30.3 Å². The fourth-order valence-electron chi connectivity index (χ4n) is 2.15. The van der Waals surface area contributed by atoms with E-state index < -0.39 is 0 Å². The van der Waals surface area contributed by atoms with Gasteiger partial charge < -0.3 is 10.1 Å². The zero-order chi connectivity index (χ0) is 18.5. The number of carbonyl (C=O) groups is 1. The van der Waals surface area contributed by atoms with Crippen LogP contribution in [0.5, 0.6) is 5.75 Å². The zero-order valence-corrected chi connectivity index (χ0v) is 16.4. The van der Waals surface area contributed by atoms with Crippen molar-refractivity contribution < 1.29 is 9.53 Å². The van der Waals surface area contributed by atoms with Gasteiger partial charge >= 0.3 is 0 Å². The Morgan fingerprint density at radius 2 is 2.15 bits per heavy atom. The molecule has 0 atom stereocenters. The number of nitriles is 1. The molecule has 1 N–H and O–H groups in total. The van der Waals surface area contributed by atoms with E-state index in [4.69, 9.17) is 21.6 Å². The van der Waals surface area contributed by atoms with Crippen molar-refractivity contribution in [1.82, 2.24) is 5.32 Å². The number of amidine groups is 1. The average molecular weight is 449 g/mol. The highest BCUT2D eigenvalue weighted by molar-refractivity contribution is 9.10. The third kappa shape index (κ3) is 4.47. The standard InChI is InChI=1S/C18H11BrClN3O2S/c19-12-5-6-15(25-8-7-21)11(9-12)10-16-17(24)23-18(26-16)22-14-4-2-1-3-13(14)20/h1-6,9-10H,8H2,(H,22,23,24)/b16-10+. The Morgan fingerprint density at radius 3 is 2.92 bits per heavy atom. The van der Waals surface area contributed by atoms with Crippen molar-refractivity contribution in [2.45, 2.75) is 0 Å². The van der Waals surface area contributed by atoms with Crippen LogP contribution in [0.15, 0.2) is 56.8 Å². The van der Waals surface area contributed by atoms with E-state index in [2.05, 4.69) is 26.2 Å². The summed E-state index contributed by atoms with van der Waals surface area (Å²) in [5.74, 6) is 0.263. The molecule has 1 aliphatic rings. The van der Waals surface area contributed by atoms with Gasteiger partial charge in [0.15, 0.2) is 11.8 Å². The van der Waals surface area contributed by atoms with E-state index in [-0.39, 0.29) is 12.5 Å². The number of thioether (sulfide) groups is 1. The fourth-order valence-corrected chi connectivity index (χ4v) is 3.53. The van der Waals surface area contributed by atoms with Crippen LogP contribution >= 0.6 is 39.3 Å². The van der Waals surface area contributed by atoms with Crippen LogP contribution in [0.2, 0.25) is 5.02 Å². The first-order valence-electron chi connectivity index (χ1n) is 7.40. The van der Waals surface area contributed by atoms with E-state index in [0.29, 0.717) is 32.1 Å². The van der Waals surface area contributed by atoms with Gasteiger partial charge in [-0.25, -0.2) is 4.99 Å². The van der Waals surface area contributed by atoms with Gasteiger partial charge in [0.2, 0.25) is 0 Å². The first-order valence-corrected chi connectivity index (χ1v) is 9.39. The van der Waals surface area contributed by atoms with E-state index >= 15 is 0 Å². The topological polar surface area (TPSA) is 74.5 Å². The average Bonchev–Trinajstić information content (AvgIpc) is 2.95. The van der Waals surface area contributed by atoms with Crippen LogP contribution in [0.4, 0.5) is 5.69 Å². The lowest BCUT2D eigenvalue weighted by Crippen LogP contribution is -2.19. The van der Waals surface area contributed by atoms with Crippen molar-refractivity contribution >= 4 is 62.1 Å². The Hall–Kier alpha value is -2.27. The third-order valence-electron chi connectivity index (χ3n) is 3.28. The molecule has 1 heterocycles. The number of rotatable bonds is 4. The summed E-state index contributed by atoms with van der Waals surface area (Å²) in [7, 11) is 0. The Labute approximate surface area is 167 Å². The molecule has 1 aliphatic heterocycles. The minimum absolute atomic E-state index is 0.0731. The number of para-hydroxylation sites is 1. The van der Waals surface area contributed by atoms with Gasteiger partial charge in [0.25, 0.3) is 5.91 Å². The lowest BCUT2D eigenvalue weighted by Gasteiger charge is -2.07. The number of hydrogen-bond acceptors (Lipinski definition) is 5. The van der Waals surface area contributed by atoms with Gasteiger partial charge in [-0.05, 0) is 48.2 Å². The molecule has 0 aromatic heterocycles. The molecule has 8 heteroatoms. The summed E-state index contributed by atoms with van der Waals surface area (Å²) >= 11 is 10.7. The maximum Gasteiger partial charge on any atom is 0.264 e. The summed E-state index contributed by atoms with van der Waals surface area (Å²) in [4.78, 5) is 17.1. The second-order valence-corrected chi connectivity index (χ2v) is 7.42. The molecule has 5 nitrogen and oxygen atoms in total. The molecule has 130 valence electrons. The Kier molecular flexibility index (Phi) is 5.99. The molecular formula is C18H11BrClN3O2S. The summed E-state index contributed by atoms with van der Waals surface area (Å²) in [5, 5.41) is 12.4. The number of nitrogens with zero attached hydrogens (tertiary/aromatic N) is 2.